The lowest BCUT2D eigenvalue weighted by Gasteiger charge is -2.24. The van der Waals surface area contributed by atoms with Crippen molar-refractivity contribution in [2.24, 2.45) is 0 Å². The van der Waals surface area contributed by atoms with E-state index in [0.29, 0.717) is 25.5 Å². The number of ether oxygens (including phenoxy) is 1. The molecule has 43 heavy (non-hydrogen) atoms. The van der Waals surface area contributed by atoms with Gasteiger partial charge in [-0.25, -0.2) is 0 Å². The summed E-state index contributed by atoms with van der Waals surface area (Å²) in [7, 11) is 2.15. The summed E-state index contributed by atoms with van der Waals surface area (Å²) in [5.41, 5.74) is 5.60. The summed E-state index contributed by atoms with van der Waals surface area (Å²) in [6.07, 6.45) is 7.30. The fourth-order valence-electron chi connectivity index (χ4n) is 4.60. The molecule has 3 aromatic rings. The predicted molar refractivity (Wildman–Crippen MR) is 177 cm³/mol. The largest absolute Gasteiger partial charge is 0.463 e. The Labute approximate surface area is 258 Å². The van der Waals surface area contributed by atoms with Crippen molar-refractivity contribution in [1.82, 2.24) is 20.5 Å². The van der Waals surface area contributed by atoms with E-state index < -0.39 is 0 Å². The van der Waals surface area contributed by atoms with E-state index >= 15 is 0 Å². The fourth-order valence-corrected chi connectivity index (χ4v) is 4.60. The molecule has 0 aliphatic carbocycles. The van der Waals surface area contributed by atoms with Crippen molar-refractivity contribution >= 4 is 23.3 Å². The number of nitrogens with zero attached hydrogens (tertiary/aromatic N) is 2. The topological polar surface area (TPSA) is 110 Å². The molecule has 0 unspecified atom stereocenters. The lowest BCUT2D eigenvalue weighted by molar-refractivity contribution is -0.129. The third kappa shape index (κ3) is 13.3. The number of rotatable bonds is 6. The number of carbonyl (C=O) groups excluding carboxylic acids is 2. The molecule has 0 saturated carbocycles. The van der Waals surface area contributed by atoms with Crippen molar-refractivity contribution in [2.75, 3.05) is 26.7 Å². The smallest absolute Gasteiger partial charge is 0.293 e. The number of H-pyrrole nitrogens is 1. The summed E-state index contributed by atoms with van der Waals surface area (Å²) in [4.78, 5) is 28.2. The van der Waals surface area contributed by atoms with E-state index in [1.807, 2.05) is 95.3 Å². The molecule has 2 aliphatic rings. The maximum Gasteiger partial charge on any atom is 0.293 e. The van der Waals surface area contributed by atoms with Crippen LogP contribution in [0, 0.1) is 11.3 Å². The van der Waals surface area contributed by atoms with E-state index in [9.17, 15) is 9.59 Å². The van der Waals surface area contributed by atoms with E-state index in [4.69, 9.17) is 5.26 Å². The number of hydrogen-bond donors (Lipinski definition) is 3. The van der Waals surface area contributed by atoms with E-state index in [1.54, 1.807) is 0 Å². The Hall–Kier alpha value is -3.93. The second-order valence-corrected chi connectivity index (χ2v) is 9.65. The average Bonchev–Trinajstić information content (AvgIpc) is 3.43. The summed E-state index contributed by atoms with van der Waals surface area (Å²) >= 11 is 0. The maximum absolute atomic E-state index is 12.6. The Kier molecular flexibility index (Phi) is 19.5. The van der Waals surface area contributed by atoms with Crippen molar-refractivity contribution < 1.29 is 14.3 Å². The molecule has 2 aromatic carbocycles. The second kappa shape index (κ2) is 22.6. The zero-order chi connectivity index (χ0) is 31.9. The highest BCUT2D eigenvalue weighted by atomic mass is 16.5. The molecule has 1 amide bonds. The molecule has 0 spiro atoms. The van der Waals surface area contributed by atoms with Gasteiger partial charge in [0.15, 0.2) is 0 Å². The molecule has 0 atom stereocenters. The number of hydrogen-bond acceptors (Lipinski definition) is 6. The number of likely N-dealkylation sites (N-methyl/N-ethyl adjacent to an activating group) is 1. The van der Waals surface area contributed by atoms with E-state index in [1.165, 1.54) is 16.6 Å². The highest BCUT2D eigenvalue weighted by Gasteiger charge is 2.20. The van der Waals surface area contributed by atoms with Gasteiger partial charge in [0.1, 0.15) is 6.61 Å². The van der Waals surface area contributed by atoms with E-state index in [-0.39, 0.29) is 5.91 Å². The number of fused-ring (bicyclic) bond motifs is 3. The Bertz CT molecular complexity index is 1260. The van der Waals surface area contributed by atoms with Gasteiger partial charge in [-0.15, -0.1) is 0 Å². The van der Waals surface area contributed by atoms with Gasteiger partial charge >= 0.3 is 0 Å². The van der Waals surface area contributed by atoms with Crippen molar-refractivity contribution in [2.45, 2.75) is 79.5 Å². The molecule has 3 heterocycles. The number of benzene rings is 2. The summed E-state index contributed by atoms with van der Waals surface area (Å²) in [6.45, 7) is 14.7. The standard InChI is InChI=1S/C18H24N4O.C8H8O2.C5H7N.2C2H6/c1-22-9-6-17-15(11-22)14-10-12(2-3-16(14)21-17)18(23)20-13-4-7-19-8-5-13;9-7-10-6-8-4-2-1-3-5-8;1-2-3-4-5-6;2*1-2/h2-3,10,13,19,21H,4-9,11H2,1H3,(H,20,23);1-5,7H,6H2;2-3H,4H2,1H3;2*1-2H3/b;;3-2-;;. The van der Waals surface area contributed by atoms with Crippen LogP contribution in [0.15, 0.2) is 60.7 Å². The van der Waals surface area contributed by atoms with Crippen LogP contribution in [0.2, 0.25) is 0 Å². The number of aromatic nitrogens is 1. The molecule has 8 nitrogen and oxygen atoms in total. The SMILES string of the molecule is C/C=C\CC#N.CC.CC.CN1CCc2[nH]c3ccc(C(=O)NC4CCNCC4)cc3c2C1.O=COCc1ccccc1. The minimum absolute atomic E-state index is 0.0536. The zero-order valence-corrected chi connectivity index (χ0v) is 26.9. The Morgan fingerprint density at radius 3 is 2.42 bits per heavy atom. The van der Waals surface area contributed by atoms with Gasteiger partial charge in [0.05, 0.1) is 12.5 Å². The van der Waals surface area contributed by atoms with Gasteiger partial charge in [-0.1, -0.05) is 70.2 Å². The van der Waals surface area contributed by atoms with E-state index in [2.05, 4.69) is 38.4 Å². The van der Waals surface area contributed by atoms with Crippen LogP contribution >= 0.6 is 0 Å². The highest BCUT2D eigenvalue weighted by molar-refractivity contribution is 5.99. The van der Waals surface area contributed by atoms with Crippen LogP contribution in [-0.4, -0.2) is 55.0 Å². The molecule has 8 heteroatoms. The first-order chi connectivity index (χ1) is 21.0. The van der Waals surface area contributed by atoms with Crippen LogP contribution in [0.1, 0.15) is 81.1 Å². The molecule has 0 bridgehead atoms. The molecular formula is C35H51N5O3. The van der Waals surface area contributed by atoms with Crippen LogP contribution in [0.25, 0.3) is 10.9 Å². The maximum atomic E-state index is 12.6. The van der Waals surface area contributed by atoms with Gasteiger partial charge in [-0.2, -0.15) is 5.26 Å². The van der Waals surface area contributed by atoms with Crippen molar-refractivity contribution in [3.63, 3.8) is 0 Å². The second-order valence-electron chi connectivity index (χ2n) is 9.65. The molecule has 234 valence electrons. The highest BCUT2D eigenvalue weighted by Crippen LogP contribution is 2.28. The molecule has 1 fully saturated rings. The summed E-state index contributed by atoms with van der Waals surface area (Å²) in [6, 6.07) is 17.9. The number of aromatic amines is 1. The molecule has 1 saturated heterocycles. The third-order valence-corrected chi connectivity index (χ3v) is 6.71. The molecule has 5 rings (SSSR count). The van der Waals surface area contributed by atoms with Crippen LogP contribution in [0.5, 0.6) is 0 Å². The first kappa shape index (κ1) is 37.1. The van der Waals surface area contributed by atoms with Gasteiger partial charge in [-0.05, 0) is 69.2 Å². The summed E-state index contributed by atoms with van der Waals surface area (Å²) in [5.74, 6) is 0.0536. The third-order valence-electron chi connectivity index (χ3n) is 6.71. The number of piperidine rings is 1. The van der Waals surface area contributed by atoms with Crippen molar-refractivity contribution in [3.05, 3.63) is 83.1 Å². The van der Waals surface area contributed by atoms with Gasteiger partial charge < -0.3 is 25.3 Å². The monoisotopic (exact) mass is 589 g/mol. The Morgan fingerprint density at radius 1 is 1.12 bits per heavy atom. The van der Waals surface area contributed by atoms with Crippen molar-refractivity contribution in [3.8, 4) is 6.07 Å². The molecule has 0 radical (unpaired) electrons. The molecular weight excluding hydrogens is 538 g/mol. The van der Waals surface area contributed by atoms with E-state index in [0.717, 1.165) is 62.1 Å². The summed E-state index contributed by atoms with van der Waals surface area (Å²) < 4.78 is 4.54. The van der Waals surface area contributed by atoms with Crippen LogP contribution < -0.4 is 10.6 Å². The normalized spacial score (nSPS) is 14.1. The zero-order valence-electron chi connectivity index (χ0n) is 26.9. The lowest BCUT2D eigenvalue weighted by Crippen LogP contribution is -2.42. The Balaban J connectivity index is 0.000000384. The fraction of sp³-hybridized carbons (Fsp3) is 0.457. The minimum Gasteiger partial charge on any atom is -0.463 e. The number of nitriles is 1. The number of allylic oxidation sites excluding steroid dienone is 2. The van der Waals surface area contributed by atoms with Gasteiger partial charge in [0.25, 0.3) is 12.4 Å². The minimum atomic E-state index is 0.0536. The number of amides is 1. The molecule has 1 aromatic heterocycles. The predicted octanol–water partition coefficient (Wildman–Crippen LogP) is 6.53. The quantitative estimate of drug-likeness (QED) is 0.223. The van der Waals surface area contributed by atoms with Gasteiger partial charge in [-0.3, -0.25) is 9.59 Å². The van der Waals surface area contributed by atoms with Crippen LogP contribution in [-0.2, 0) is 29.1 Å². The summed E-state index contributed by atoms with van der Waals surface area (Å²) in [5, 5.41) is 15.6. The first-order valence-corrected chi connectivity index (χ1v) is 15.5. The first-order valence-electron chi connectivity index (χ1n) is 15.5. The molecule has 2 aliphatic heterocycles. The van der Waals surface area contributed by atoms with Gasteiger partial charge in [0, 0.05) is 47.7 Å². The van der Waals surface area contributed by atoms with Crippen LogP contribution in [0.4, 0.5) is 0 Å². The lowest BCUT2D eigenvalue weighted by atomic mass is 10.0. The van der Waals surface area contributed by atoms with Crippen LogP contribution in [0.3, 0.4) is 0 Å². The Morgan fingerprint density at radius 2 is 1.81 bits per heavy atom. The number of nitrogens with one attached hydrogen (secondary N) is 3. The number of carbonyl (C=O) groups is 2. The van der Waals surface area contributed by atoms with Gasteiger partial charge in [0.2, 0.25) is 0 Å². The molecule has 3 N–H and O–H groups in total. The average molecular weight is 590 g/mol. The van der Waals surface area contributed by atoms with Crippen molar-refractivity contribution in [1.29, 1.82) is 5.26 Å².